The van der Waals surface area contributed by atoms with E-state index in [2.05, 4.69) is 20.9 Å². The van der Waals surface area contributed by atoms with Gasteiger partial charge in [-0.25, -0.2) is 9.78 Å². The highest BCUT2D eigenvalue weighted by atomic mass is 79.9. The Bertz CT molecular complexity index is 379. The molecule has 0 aliphatic rings. The van der Waals surface area contributed by atoms with E-state index in [4.69, 9.17) is 16.7 Å². The van der Waals surface area contributed by atoms with Gasteiger partial charge in [0.1, 0.15) is 5.15 Å². The summed E-state index contributed by atoms with van der Waals surface area (Å²) >= 11 is 8.99. The Labute approximate surface area is 95.2 Å². The van der Waals surface area contributed by atoms with Gasteiger partial charge in [-0.05, 0) is 27.9 Å². The summed E-state index contributed by atoms with van der Waals surface area (Å²) in [4.78, 5) is 14.7. The maximum Gasteiger partial charge on any atom is 0.338 e. The molecule has 1 aromatic rings. The Kier molecular flexibility index (Phi) is 3.50. The number of pyridine rings is 1. The number of nitrogens with zero attached hydrogens (tertiary/aromatic N) is 1. The number of hydrogen-bond donors (Lipinski definition) is 1. The Hall–Kier alpha value is -0.610. The van der Waals surface area contributed by atoms with Crippen LogP contribution < -0.4 is 0 Å². The first-order valence-electron chi connectivity index (χ1n) is 4.02. The molecule has 76 valence electrons. The smallest absolute Gasteiger partial charge is 0.338 e. The van der Waals surface area contributed by atoms with Crippen molar-refractivity contribution < 1.29 is 9.90 Å². The lowest BCUT2D eigenvalue weighted by atomic mass is 10.1. The Morgan fingerprint density at radius 3 is 2.64 bits per heavy atom. The van der Waals surface area contributed by atoms with Crippen LogP contribution in [0.2, 0.25) is 5.15 Å². The molecule has 1 N–H and O–H groups in total. The van der Waals surface area contributed by atoms with Crippen LogP contribution in [0.1, 0.15) is 35.8 Å². The van der Waals surface area contributed by atoms with Gasteiger partial charge in [0, 0.05) is 4.47 Å². The molecule has 0 saturated heterocycles. The first-order valence-corrected chi connectivity index (χ1v) is 5.19. The highest BCUT2D eigenvalue weighted by molar-refractivity contribution is 9.10. The van der Waals surface area contributed by atoms with Crippen LogP contribution in [0.15, 0.2) is 10.5 Å². The van der Waals surface area contributed by atoms with Gasteiger partial charge in [-0.2, -0.15) is 0 Å². The predicted molar refractivity (Wildman–Crippen MR) is 58.0 cm³/mol. The second-order valence-corrected chi connectivity index (χ2v) is 4.37. The molecule has 0 amide bonds. The Morgan fingerprint density at radius 2 is 2.21 bits per heavy atom. The van der Waals surface area contributed by atoms with E-state index in [9.17, 15) is 4.79 Å². The number of aromatic nitrogens is 1. The van der Waals surface area contributed by atoms with E-state index in [1.807, 2.05) is 13.8 Å². The van der Waals surface area contributed by atoms with Crippen molar-refractivity contribution in [3.8, 4) is 0 Å². The van der Waals surface area contributed by atoms with Crippen LogP contribution in [0.3, 0.4) is 0 Å². The van der Waals surface area contributed by atoms with Crippen LogP contribution in [0, 0.1) is 0 Å². The fourth-order valence-electron chi connectivity index (χ4n) is 1.03. The molecule has 0 bridgehead atoms. The maximum atomic E-state index is 10.7. The van der Waals surface area contributed by atoms with Crippen LogP contribution in [-0.4, -0.2) is 16.1 Å². The number of carboxylic acids is 1. The van der Waals surface area contributed by atoms with Gasteiger partial charge in [-0.3, -0.25) is 0 Å². The second-order valence-electron chi connectivity index (χ2n) is 3.15. The van der Waals surface area contributed by atoms with E-state index in [1.165, 1.54) is 6.07 Å². The molecule has 0 fully saturated rings. The van der Waals surface area contributed by atoms with Crippen molar-refractivity contribution in [3.05, 3.63) is 26.9 Å². The zero-order valence-electron chi connectivity index (χ0n) is 7.71. The lowest BCUT2D eigenvalue weighted by molar-refractivity contribution is 0.0696. The third-order valence-corrected chi connectivity index (χ3v) is 2.66. The molecule has 0 unspecified atom stereocenters. The highest BCUT2D eigenvalue weighted by Gasteiger charge is 2.15. The molecule has 1 aromatic heterocycles. The lowest BCUT2D eigenvalue weighted by Gasteiger charge is -2.08. The van der Waals surface area contributed by atoms with Gasteiger partial charge in [0.2, 0.25) is 0 Å². The minimum absolute atomic E-state index is 0.0166. The van der Waals surface area contributed by atoms with E-state index in [0.717, 1.165) is 5.69 Å². The van der Waals surface area contributed by atoms with Gasteiger partial charge in [-0.15, -0.1) is 0 Å². The lowest BCUT2D eigenvalue weighted by Crippen LogP contribution is -2.03. The average molecular weight is 279 g/mol. The summed E-state index contributed by atoms with van der Waals surface area (Å²) in [5.41, 5.74) is 0.781. The number of rotatable bonds is 2. The van der Waals surface area contributed by atoms with E-state index in [-0.39, 0.29) is 16.6 Å². The van der Waals surface area contributed by atoms with Gasteiger partial charge in [-0.1, -0.05) is 25.4 Å². The van der Waals surface area contributed by atoms with E-state index < -0.39 is 5.97 Å². The molecule has 0 aromatic carbocycles. The van der Waals surface area contributed by atoms with E-state index in [0.29, 0.717) is 4.47 Å². The SMILES string of the molecule is CC(C)c1nc(Cl)c(C(=O)O)cc1Br. The standard InChI is InChI=1S/C9H9BrClNO2/c1-4(2)7-6(10)3-5(9(13)14)8(11)12-7/h3-4H,1-2H3,(H,13,14). The molecule has 0 aliphatic carbocycles. The molecule has 3 nitrogen and oxygen atoms in total. The molecule has 0 aliphatic heterocycles. The largest absolute Gasteiger partial charge is 0.478 e. The molecule has 1 rings (SSSR count). The highest BCUT2D eigenvalue weighted by Crippen LogP contribution is 2.27. The molecule has 1 heterocycles. The van der Waals surface area contributed by atoms with Crippen molar-refractivity contribution in [2.45, 2.75) is 19.8 Å². The minimum atomic E-state index is -1.07. The molecule has 0 spiro atoms. The van der Waals surface area contributed by atoms with Crippen molar-refractivity contribution in [2.24, 2.45) is 0 Å². The van der Waals surface area contributed by atoms with Crippen molar-refractivity contribution in [3.63, 3.8) is 0 Å². The summed E-state index contributed by atoms with van der Waals surface area (Å²) in [6, 6.07) is 1.48. The molecule has 14 heavy (non-hydrogen) atoms. The normalized spacial score (nSPS) is 10.6. The quantitative estimate of drug-likeness (QED) is 0.844. The minimum Gasteiger partial charge on any atom is -0.478 e. The molecule has 5 heteroatoms. The zero-order valence-corrected chi connectivity index (χ0v) is 10.1. The van der Waals surface area contributed by atoms with Gasteiger partial charge in [0.15, 0.2) is 0 Å². The van der Waals surface area contributed by atoms with Gasteiger partial charge >= 0.3 is 5.97 Å². The molecule has 0 saturated carbocycles. The molecular formula is C9H9BrClNO2. The van der Waals surface area contributed by atoms with Crippen LogP contribution in [0.5, 0.6) is 0 Å². The first-order chi connectivity index (χ1) is 6.43. The number of carboxylic acid groups (broad SMARTS) is 1. The van der Waals surface area contributed by atoms with Gasteiger partial charge in [0.05, 0.1) is 11.3 Å². The van der Waals surface area contributed by atoms with Gasteiger partial charge < -0.3 is 5.11 Å². The first kappa shape index (κ1) is 11.5. The third-order valence-electron chi connectivity index (χ3n) is 1.73. The summed E-state index contributed by atoms with van der Waals surface area (Å²) in [7, 11) is 0. The summed E-state index contributed by atoms with van der Waals surface area (Å²) in [5.74, 6) is -0.872. The number of halogens is 2. The van der Waals surface area contributed by atoms with Crippen molar-refractivity contribution in [1.29, 1.82) is 0 Å². The number of aromatic carboxylic acids is 1. The number of hydrogen-bond acceptors (Lipinski definition) is 2. The summed E-state index contributed by atoms with van der Waals surface area (Å²) < 4.78 is 0.675. The van der Waals surface area contributed by atoms with Crippen LogP contribution in [0.4, 0.5) is 0 Å². The van der Waals surface area contributed by atoms with Gasteiger partial charge in [0.25, 0.3) is 0 Å². The van der Waals surface area contributed by atoms with Crippen LogP contribution in [0.25, 0.3) is 0 Å². The fourth-order valence-corrected chi connectivity index (χ4v) is 2.04. The predicted octanol–water partition coefficient (Wildman–Crippen LogP) is 3.32. The fraction of sp³-hybridized carbons (Fsp3) is 0.333. The Balaban J connectivity index is 3.31. The topological polar surface area (TPSA) is 50.2 Å². The molecule has 0 radical (unpaired) electrons. The number of carbonyl (C=O) groups is 1. The van der Waals surface area contributed by atoms with Crippen LogP contribution >= 0.6 is 27.5 Å². The van der Waals surface area contributed by atoms with Crippen LogP contribution in [-0.2, 0) is 0 Å². The average Bonchev–Trinajstić information content (AvgIpc) is 2.07. The monoisotopic (exact) mass is 277 g/mol. The Morgan fingerprint density at radius 1 is 1.64 bits per heavy atom. The van der Waals surface area contributed by atoms with E-state index in [1.54, 1.807) is 0 Å². The zero-order chi connectivity index (χ0) is 10.9. The van der Waals surface area contributed by atoms with E-state index >= 15 is 0 Å². The second kappa shape index (κ2) is 4.28. The summed E-state index contributed by atoms with van der Waals surface area (Å²) in [5, 5.41) is 8.81. The van der Waals surface area contributed by atoms with Crippen molar-refractivity contribution in [2.75, 3.05) is 0 Å². The third kappa shape index (κ3) is 2.25. The summed E-state index contributed by atoms with van der Waals surface area (Å²) in [6.45, 7) is 3.92. The molecular weight excluding hydrogens is 269 g/mol. The van der Waals surface area contributed by atoms with Crippen molar-refractivity contribution >= 4 is 33.5 Å². The maximum absolute atomic E-state index is 10.7. The summed E-state index contributed by atoms with van der Waals surface area (Å²) in [6.07, 6.45) is 0. The molecule has 0 atom stereocenters. The van der Waals surface area contributed by atoms with Crippen molar-refractivity contribution in [1.82, 2.24) is 4.98 Å².